The van der Waals surface area contributed by atoms with Crippen molar-refractivity contribution in [3.8, 4) is 17.2 Å². The Balaban J connectivity index is 2.53. The van der Waals surface area contributed by atoms with Gasteiger partial charge in [-0.25, -0.2) is 4.99 Å². The third-order valence-corrected chi connectivity index (χ3v) is 2.80. The van der Waals surface area contributed by atoms with E-state index in [4.69, 9.17) is 19.9 Å². The van der Waals surface area contributed by atoms with Crippen molar-refractivity contribution in [1.82, 2.24) is 5.32 Å². The number of carbonyl (C=O) groups is 1. The van der Waals surface area contributed by atoms with Crippen molar-refractivity contribution in [2.75, 3.05) is 21.3 Å². The molecule has 1 atom stereocenters. The first-order valence-corrected chi connectivity index (χ1v) is 5.54. The van der Waals surface area contributed by atoms with E-state index in [9.17, 15) is 4.79 Å². The monoisotopic (exact) mass is 265 g/mol. The van der Waals surface area contributed by atoms with E-state index in [-0.39, 0.29) is 11.9 Å². The summed E-state index contributed by atoms with van der Waals surface area (Å²) in [6, 6.07) is 2.56. The van der Waals surface area contributed by atoms with Crippen LogP contribution < -0.4 is 25.3 Å². The lowest BCUT2D eigenvalue weighted by Gasteiger charge is -2.15. The Hall–Kier alpha value is -2.44. The Morgan fingerprint density at radius 1 is 1.11 bits per heavy atom. The Kier molecular flexibility index (Phi) is 3.46. The van der Waals surface area contributed by atoms with E-state index in [2.05, 4.69) is 10.3 Å². The van der Waals surface area contributed by atoms with Crippen molar-refractivity contribution in [2.45, 2.75) is 6.04 Å². The van der Waals surface area contributed by atoms with Gasteiger partial charge in [0.25, 0.3) is 5.91 Å². The van der Waals surface area contributed by atoms with Gasteiger partial charge in [0.15, 0.2) is 23.5 Å². The number of nitrogens with zero attached hydrogens (tertiary/aromatic N) is 1. The highest BCUT2D eigenvalue weighted by Crippen LogP contribution is 2.39. The van der Waals surface area contributed by atoms with E-state index in [1.807, 2.05) is 0 Å². The molecule has 1 aliphatic heterocycles. The van der Waals surface area contributed by atoms with Crippen LogP contribution in [0.25, 0.3) is 0 Å². The quantitative estimate of drug-likeness (QED) is 0.810. The lowest BCUT2D eigenvalue weighted by Crippen LogP contribution is -2.31. The molecule has 0 spiro atoms. The second-order valence-corrected chi connectivity index (χ2v) is 3.86. The predicted molar refractivity (Wildman–Crippen MR) is 68.6 cm³/mol. The highest BCUT2D eigenvalue weighted by atomic mass is 16.5. The summed E-state index contributed by atoms with van der Waals surface area (Å²) in [5.74, 6) is 1.27. The normalized spacial score (nSPS) is 17.7. The van der Waals surface area contributed by atoms with E-state index in [1.54, 1.807) is 12.1 Å². The van der Waals surface area contributed by atoms with E-state index in [0.717, 1.165) is 0 Å². The van der Waals surface area contributed by atoms with Crippen LogP contribution in [0.15, 0.2) is 17.1 Å². The van der Waals surface area contributed by atoms with E-state index < -0.39 is 6.04 Å². The second kappa shape index (κ2) is 5.05. The number of hydrogen-bond acceptors (Lipinski definition) is 6. The van der Waals surface area contributed by atoms with E-state index >= 15 is 0 Å². The number of aliphatic imine (C=N–C) groups is 1. The first-order valence-electron chi connectivity index (χ1n) is 5.54. The lowest BCUT2D eigenvalue weighted by molar-refractivity contribution is -0.120. The van der Waals surface area contributed by atoms with Gasteiger partial charge in [0, 0.05) is 11.6 Å². The van der Waals surface area contributed by atoms with Gasteiger partial charge in [0.05, 0.1) is 21.3 Å². The van der Waals surface area contributed by atoms with Crippen molar-refractivity contribution in [1.29, 1.82) is 0 Å². The molecule has 7 nitrogen and oxygen atoms in total. The lowest BCUT2D eigenvalue weighted by atomic mass is 10.0. The van der Waals surface area contributed by atoms with Crippen LogP contribution in [0.1, 0.15) is 11.6 Å². The minimum atomic E-state index is -0.741. The van der Waals surface area contributed by atoms with Crippen LogP contribution in [-0.2, 0) is 4.79 Å². The van der Waals surface area contributed by atoms with Crippen LogP contribution in [0, 0.1) is 0 Å². The third-order valence-electron chi connectivity index (χ3n) is 2.80. The molecule has 1 aliphatic rings. The summed E-state index contributed by atoms with van der Waals surface area (Å²) in [6.07, 6.45) is 0. The highest BCUT2D eigenvalue weighted by molar-refractivity contribution is 6.04. The zero-order valence-corrected chi connectivity index (χ0v) is 10.9. The standard InChI is InChI=1S/C12H15N3O4/c1-17-7-5-9(19-3)8(18-2)4-6(7)10-11(16)15-12(13)14-10/h4-5,10H,1-3H3,(H3,13,14,15,16). The summed E-state index contributed by atoms with van der Waals surface area (Å²) < 4.78 is 15.6. The molecule has 0 saturated heterocycles. The molecule has 0 aromatic heterocycles. The number of guanidine groups is 1. The molecule has 7 heteroatoms. The molecule has 1 aromatic carbocycles. The Bertz CT molecular complexity index is 542. The molecule has 0 fully saturated rings. The molecule has 0 saturated carbocycles. The minimum absolute atomic E-state index is 0.0897. The second-order valence-electron chi connectivity index (χ2n) is 3.86. The van der Waals surface area contributed by atoms with Gasteiger partial charge in [-0.3, -0.25) is 10.1 Å². The number of benzene rings is 1. The molecule has 0 bridgehead atoms. The molecule has 0 radical (unpaired) electrons. The number of hydrogen-bond donors (Lipinski definition) is 2. The molecule has 2 rings (SSSR count). The fourth-order valence-corrected chi connectivity index (χ4v) is 1.90. The summed E-state index contributed by atoms with van der Waals surface area (Å²) in [7, 11) is 4.54. The maximum absolute atomic E-state index is 11.8. The van der Waals surface area contributed by atoms with Crippen LogP contribution in [0.2, 0.25) is 0 Å². The number of ether oxygens (including phenoxy) is 3. The first-order chi connectivity index (χ1) is 9.10. The molecule has 102 valence electrons. The van der Waals surface area contributed by atoms with Crippen molar-refractivity contribution in [3.63, 3.8) is 0 Å². The number of carbonyl (C=O) groups excluding carboxylic acids is 1. The van der Waals surface area contributed by atoms with Crippen molar-refractivity contribution >= 4 is 11.9 Å². The van der Waals surface area contributed by atoms with Crippen LogP contribution >= 0.6 is 0 Å². The van der Waals surface area contributed by atoms with Gasteiger partial charge in [0.2, 0.25) is 0 Å². The van der Waals surface area contributed by atoms with Gasteiger partial charge in [0.1, 0.15) is 5.75 Å². The zero-order chi connectivity index (χ0) is 14.0. The molecule has 1 heterocycles. The van der Waals surface area contributed by atoms with Gasteiger partial charge in [-0.2, -0.15) is 0 Å². The molecule has 1 unspecified atom stereocenters. The fourth-order valence-electron chi connectivity index (χ4n) is 1.90. The van der Waals surface area contributed by atoms with Gasteiger partial charge < -0.3 is 19.9 Å². The van der Waals surface area contributed by atoms with Crippen LogP contribution in [0.3, 0.4) is 0 Å². The highest BCUT2D eigenvalue weighted by Gasteiger charge is 2.30. The van der Waals surface area contributed by atoms with Crippen LogP contribution in [-0.4, -0.2) is 33.2 Å². The maximum atomic E-state index is 11.8. The third kappa shape index (κ3) is 2.26. The van der Waals surface area contributed by atoms with Crippen LogP contribution in [0.5, 0.6) is 17.2 Å². The molecular formula is C12H15N3O4. The number of amides is 1. The van der Waals surface area contributed by atoms with Gasteiger partial charge in [-0.15, -0.1) is 0 Å². The Labute approximate surface area is 110 Å². The summed E-state index contributed by atoms with van der Waals surface area (Å²) in [5.41, 5.74) is 6.06. The summed E-state index contributed by atoms with van der Waals surface area (Å²) in [4.78, 5) is 15.8. The van der Waals surface area contributed by atoms with E-state index in [0.29, 0.717) is 22.8 Å². The van der Waals surface area contributed by atoms with Gasteiger partial charge in [-0.1, -0.05) is 0 Å². The summed E-state index contributed by atoms with van der Waals surface area (Å²) in [6.45, 7) is 0. The van der Waals surface area contributed by atoms with Gasteiger partial charge in [-0.05, 0) is 6.07 Å². The number of nitrogens with two attached hydrogens (primary N) is 1. The largest absolute Gasteiger partial charge is 0.496 e. The maximum Gasteiger partial charge on any atom is 0.256 e. The van der Waals surface area contributed by atoms with Crippen molar-refractivity contribution in [3.05, 3.63) is 17.7 Å². The zero-order valence-electron chi connectivity index (χ0n) is 10.9. The molecule has 0 aliphatic carbocycles. The summed E-state index contributed by atoms with van der Waals surface area (Å²) in [5, 5.41) is 2.44. The average Bonchev–Trinajstić information content (AvgIpc) is 2.75. The molecule has 3 N–H and O–H groups in total. The van der Waals surface area contributed by atoms with Crippen molar-refractivity contribution < 1.29 is 19.0 Å². The molecule has 19 heavy (non-hydrogen) atoms. The molecule has 1 amide bonds. The molecule has 1 aromatic rings. The number of nitrogens with one attached hydrogen (secondary N) is 1. The first kappa shape index (κ1) is 13.0. The minimum Gasteiger partial charge on any atom is -0.496 e. The molecular weight excluding hydrogens is 250 g/mol. The van der Waals surface area contributed by atoms with E-state index in [1.165, 1.54) is 21.3 Å². The topological polar surface area (TPSA) is 95.2 Å². The SMILES string of the molecule is COc1cc(OC)c(C2N=C(N)NC2=O)cc1OC. The summed E-state index contributed by atoms with van der Waals surface area (Å²) >= 11 is 0. The van der Waals surface area contributed by atoms with Crippen LogP contribution in [0.4, 0.5) is 0 Å². The Morgan fingerprint density at radius 3 is 2.16 bits per heavy atom. The van der Waals surface area contributed by atoms with Gasteiger partial charge >= 0.3 is 0 Å². The number of methoxy groups -OCH3 is 3. The smallest absolute Gasteiger partial charge is 0.256 e. The number of rotatable bonds is 4. The predicted octanol–water partition coefficient (Wildman–Crippen LogP) is 0.198. The average molecular weight is 265 g/mol. The Morgan fingerprint density at radius 2 is 1.68 bits per heavy atom. The fraction of sp³-hybridized carbons (Fsp3) is 0.333. The van der Waals surface area contributed by atoms with Crippen molar-refractivity contribution in [2.24, 2.45) is 10.7 Å².